The van der Waals surface area contributed by atoms with Crippen LogP contribution < -0.4 is 0 Å². The molecule has 0 fully saturated rings. The maximum absolute atomic E-state index is 6.74. The van der Waals surface area contributed by atoms with Crippen LogP contribution in [0.25, 0.3) is 15.9 Å². The van der Waals surface area contributed by atoms with E-state index >= 15 is 0 Å². The predicted molar refractivity (Wildman–Crippen MR) is 44.2 cm³/mol. The summed E-state index contributed by atoms with van der Waals surface area (Å²) in [5, 5.41) is 10.4. The van der Waals surface area contributed by atoms with E-state index in [4.69, 9.17) is 6.57 Å². The van der Waals surface area contributed by atoms with Gasteiger partial charge in [-0.2, -0.15) is 15.4 Å². The Bertz CT molecular complexity index is 437. The molecule has 4 nitrogen and oxygen atoms in total. The first-order valence-electron chi connectivity index (χ1n) is 3.53. The topological polar surface area (TPSA) is 45.9 Å². The van der Waals surface area contributed by atoms with E-state index in [0.29, 0.717) is 6.54 Å². The van der Waals surface area contributed by atoms with E-state index in [-0.39, 0.29) is 0 Å². The van der Waals surface area contributed by atoms with Crippen LogP contribution in [0.15, 0.2) is 18.2 Å². The molecule has 2 rings (SSSR count). The lowest BCUT2D eigenvalue weighted by molar-refractivity contribution is 0.957. The first-order chi connectivity index (χ1) is 5.92. The van der Waals surface area contributed by atoms with E-state index < -0.39 is 0 Å². The fourth-order valence-electron chi connectivity index (χ4n) is 1.14. The fourth-order valence-corrected chi connectivity index (χ4v) is 1.14. The average Bonchev–Trinajstić information content (AvgIpc) is 2.53. The van der Waals surface area contributed by atoms with Gasteiger partial charge >= 0.3 is 0 Å². The minimum absolute atomic E-state index is 0.365. The van der Waals surface area contributed by atoms with Crippen molar-refractivity contribution in [2.45, 2.75) is 6.54 Å². The Morgan fingerprint density at radius 2 is 2.33 bits per heavy atom. The molecule has 0 aliphatic carbocycles. The Hall–Kier alpha value is -1.89. The van der Waals surface area contributed by atoms with Gasteiger partial charge in [0.05, 0.1) is 5.56 Å². The molecule has 0 aliphatic rings. The first-order valence-corrected chi connectivity index (χ1v) is 3.53. The summed E-state index contributed by atoms with van der Waals surface area (Å²) in [5.41, 5.74) is 2.54. The van der Waals surface area contributed by atoms with Crippen molar-refractivity contribution < 1.29 is 0 Å². The average molecular weight is 158 g/mol. The van der Waals surface area contributed by atoms with Gasteiger partial charge in [0.25, 0.3) is 0 Å². The smallest absolute Gasteiger partial charge is 0.242 e. The van der Waals surface area contributed by atoms with Gasteiger partial charge in [-0.1, -0.05) is 6.07 Å². The van der Waals surface area contributed by atoms with Crippen LogP contribution in [0.4, 0.5) is 0 Å². The van der Waals surface area contributed by atoms with Crippen LogP contribution in [0.1, 0.15) is 5.56 Å². The molecule has 2 aromatic rings. The Kier molecular flexibility index (Phi) is 1.49. The van der Waals surface area contributed by atoms with Crippen molar-refractivity contribution in [2.75, 3.05) is 0 Å². The molecule has 0 spiro atoms. The number of nitrogens with zero attached hydrogens (tertiary/aromatic N) is 3. The molecule has 0 amide bonds. The Labute approximate surface area is 69.0 Å². The van der Waals surface area contributed by atoms with Gasteiger partial charge in [-0.15, -0.1) is 0 Å². The van der Waals surface area contributed by atoms with Gasteiger partial charge in [0.2, 0.25) is 6.54 Å². The number of nitrogens with one attached hydrogen (secondary N) is 1. The molecule has 12 heavy (non-hydrogen) atoms. The van der Waals surface area contributed by atoms with Crippen molar-refractivity contribution in [1.29, 1.82) is 0 Å². The van der Waals surface area contributed by atoms with Gasteiger partial charge in [0.15, 0.2) is 0 Å². The highest BCUT2D eigenvalue weighted by Crippen LogP contribution is 2.13. The number of aromatic amines is 1. The summed E-state index contributed by atoms with van der Waals surface area (Å²) in [5.74, 6) is 0. The minimum atomic E-state index is 0.365. The zero-order valence-electron chi connectivity index (χ0n) is 6.28. The zero-order valence-corrected chi connectivity index (χ0v) is 6.28. The highest BCUT2D eigenvalue weighted by Gasteiger charge is 2.04. The highest BCUT2D eigenvalue weighted by molar-refractivity contribution is 5.77. The summed E-state index contributed by atoms with van der Waals surface area (Å²) in [6.45, 7) is 7.10. The van der Waals surface area contributed by atoms with Crippen molar-refractivity contribution in [2.24, 2.45) is 0 Å². The van der Waals surface area contributed by atoms with E-state index in [1.165, 1.54) is 0 Å². The van der Waals surface area contributed by atoms with Crippen LogP contribution in [0.5, 0.6) is 0 Å². The summed E-state index contributed by atoms with van der Waals surface area (Å²) < 4.78 is 0. The number of hydrogen-bond acceptors (Lipinski definition) is 2. The minimum Gasteiger partial charge on any atom is -0.312 e. The number of H-pyrrole nitrogens is 1. The second kappa shape index (κ2) is 2.62. The normalized spacial score (nSPS) is 9.92. The molecule has 0 saturated heterocycles. The van der Waals surface area contributed by atoms with Crippen molar-refractivity contribution in [1.82, 2.24) is 15.4 Å². The number of hydrogen-bond donors (Lipinski definition) is 1. The standard InChI is InChI=1S/C8H6N4/c1-9-5-6-3-2-4-7-8(6)11-12-10-7/h2-4H,5H2,(H,10,11,12). The molecule has 0 aliphatic heterocycles. The quantitative estimate of drug-likeness (QED) is 0.637. The number of para-hydroxylation sites is 1. The first kappa shape index (κ1) is 6.80. The number of aromatic nitrogens is 3. The zero-order chi connectivity index (χ0) is 8.39. The maximum Gasteiger partial charge on any atom is 0.242 e. The van der Waals surface area contributed by atoms with E-state index in [1.807, 2.05) is 18.2 Å². The Morgan fingerprint density at radius 3 is 3.17 bits per heavy atom. The fraction of sp³-hybridized carbons (Fsp3) is 0.125. The molecule has 0 bridgehead atoms. The third kappa shape index (κ3) is 0.920. The molecule has 58 valence electrons. The van der Waals surface area contributed by atoms with Crippen molar-refractivity contribution in [3.05, 3.63) is 35.2 Å². The van der Waals surface area contributed by atoms with Crippen molar-refractivity contribution >= 4 is 11.0 Å². The van der Waals surface area contributed by atoms with Crippen LogP contribution in [-0.4, -0.2) is 15.4 Å². The summed E-state index contributed by atoms with van der Waals surface area (Å²) in [6.07, 6.45) is 0. The van der Waals surface area contributed by atoms with Gasteiger partial charge in [0.1, 0.15) is 11.0 Å². The largest absolute Gasteiger partial charge is 0.312 e. The van der Waals surface area contributed by atoms with Crippen LogP contribution in [0, 0.1) is 6.57 Å². The predicted octanol–water partition coefficient (Wildman–Crippen LogP) is 1.38. The van der Waals surface area contributed by atoms with E-state index in [0.717, 1.165) is 16.6 Å². The van der Waals surface area contributed by atoms with Gasteiger partial charge < -0.3 is 4.85 Å². The molecular weight excluding hydrogens is 152 g/mol. The third-order valence-electron chi connectivity index (χ3n) is 1.68. The van der Waals surface area contributed by atoms with Gasteiger partial charge in [-0.3, -0.25) is 0 Å². The summed E-state index contributed by atoms with van der Waals surface area (Å²) >= 11 is 0. The van der Waals surface area contributed by atoms with Crippen LogP contribution >= 0.6 is 0 Å². The molecular formula is C8H6N4. The molecule has 1 aromatic carbocycles. The van der Waals surface area contributed by atoms with E-state index in [2.05, 4.69) is 20.3 Å². The Balaban J connectivity index is 2.67. The van der Waals surface area contributed by atoms with E-state index in [9.17, 15) is 0 Å². The third-order valence-corrected chi connectivity index (χ3v) is 1.68. The van der Waals surface area contributed by atoms with E-state index in [1.54, 1.807) is 0 Å². The molecule has 1 aromatic heterocycles. The second-order valence-electron chi connectivity index (χ2n) is 2.42. The van der Waals surface area contributed by atoms with Gasteiger partial charge in [-0.05, 0) is 12.1 Å². The number of fused-ring (bicyclic) bond motifs is 1. The van der Waals surface area contributed by atoms with Crippen LogP contribution in [0.2, 0.25) is 0 Å². The molecule has 4 heteroatoms. The Morgan fingerprint density at radius 1 is 1.42 bits per heavy atom. The lowest BCUT2D eigenvalue weighted by Gasteiger charge is -1.90. The van der Waals surface area contributed by atoms with Crippen molar-refractivity contribution in [3.8, 4) is 0 Å². The molecule has 1 N–H and O–H groups in total. The van der Waals surface area contributed by atoms with Crippen LogP contribution in [0.3, 0.4) is 0 Å². The highest BCUT2D eigenvalue weighted by atomic mass is 15.3. The molecule has 0 unspecified atom stereocenters. The lowest BCUT2D eigenvalue weighted by Crippen LogP contribution is -1.81. The second-order valence-corrected chi connectivity index (χ2v) is 2.42. The summed E-state index contributed by atoms with van der Waals surface area (Å²) in [6, 6.07) is 5.64. The number of benzene rings is 1. The molecule has 0 saturated carbocycles. The van der Waals surface area contributed by atoms with Crippen LogP contribution in [-0.2, 0) is 6.54 Å². The molecule has 0 atom stereocenters. The van der Waals surface area contributed by atoms with Gasteiger partial charge in [0, 0.05) is 0 Å². The number of rotatable bonds is 1. The lowest BCUT2D eigenvalue weighted by atomic mass is 10.2. The van der Waals surface area contributed by atoms with Crippen molar-refractivity contribution in [3.63, 3.8) is 0 Å². The maximum atomic E-state index is 6.74. The summed E-state index contributed by atoms with van der Waals surface area (Å²) in [7, 11) is 0. The monoisotopic (exact) mass is 158 g/mol. The molecule has 1 heterocycles. The molecule has 0 radical (unpaired) electrons. The SMILES string of the molecule is [C-]#[N+]Cc1cccc2n[nH]nc12. The van der Waals surface area contributed by atoms with Gasteiger partial charge in [-0.25, -0.2) is 6.57 Å². The summed E-state index contributed by atoms with van der Waals surface area (Å²) in [4.78, 5) is 3.30.